The number of carbonyl (C=O) groups is 1. The van der Waals surface area contributed by atoms with E-state index in [1.165, 1.54) is 24.3 Å². The predicted octanol–water partition coefficient (Wildman–Crippen LogP) is 4.92. The summed E-state index contributed by atoms with van der Waals surface area (Å²) in [4.78, 5) is 12.2. The molecular weight excluding hydrogens is 338 g/mol. The van der Waals surface area contributed by atoms with E-state index >= 15 is 0 Å². The number of ketones is 1. The van der Waals surface area contributed by atoms with Crippen molar-refractivity contribution in [3.05, 3.63) is 68.2 Å². The highest BCUT2D eigenvalue weighted by molar-refractivity contribution is 9.10. The van der Waals surface area contributed by atoms with Gasteiger partial charge < -0.3 is 0 Å². The Kier molecular flexibility index (Phi) is 4.02. The summed E-state index contributed by atoms with van der Waals surface area (Å²) in [5.74, 6) is -1.95. The highest BCUT2D eigenvalue weighted by Gasteiger charge is 2.19. The van der Waals surface area contributed by atoms with Crippen LogP contribution in [0.4, 0.5) is 8.78 Å². The summed E-state index contributed by atoms with van der Waals surface area (Å²) in [6, 6.07) is 6.61. The molecule has 0 heterocycles. The van der Waals surface area contributed by atoms with Crippen molar-refractivity contribution < 1.29 is 13.6 Å². The van der Waals surface area contributed by atoms with Gasteiger partial charge in [0.25, 0.3) is 0 Å². The zero-order valence-electron chi connectivity index (χ0n) is 9.81. The standard InChI is InChI=1S/C14H8BrClF2O/c1-7-2-3-8(17)6-10(7)14(19)9-4-5-11(15)12(16)13(9)18/h2-6H,1H3. The fourth-order valence-electron chi connectivity index (χ4n) is 1.69. The average Bonchev–Trinajstić information content (AvgIpc) is 2.38. The fraction of sp³-hybridized carbons (Fsp3) is 0.0714. The van der Waals surface area contributed by atoms with E-state index in [2.05, 4.69) is 15.9 Å². The Labute approximate surface area is 122 Å². The van der Waals surface area contributed by atoms with Crippen molar-refractivity contribution in [2.45, 2.75) is 6.92 Å². The van der Waals surface area contributed by atoms with Gasteiger partial charge in [-0.1, -0.05) is 17.7 Å². The molecule has 0 N–H and O–H groups in total. The Morgan fingerprint density at radius 1 is 1.16 bits per heavy atom. The van der Waals surface area contributed by atoms with Crippen LogP contribution in [0.15, 0.2) is 34.8 Å². The second-order valence-electron chi connectivity index (χ2n) is 4.01. The number of benzene rings is 2. The molecule has 0 aliphatic carbocycles. The second kappa shape index (κ2) is 5.39. The van der Waals surface area contributed by atoms with Gasteiger partial charge in [0, 0.05) is 10.0 Å². The van der Waals surface area contributed by atoms with Crippen LogP contribution < -0.4 is 0 Å². The Hall–Kier alpha value is -1.26. The van der Waals surface area contributed by atoms with Crippen LogP contribution in [-0.2, 0) is 0 Å². The molecular formula is C14H8BrClF2O. The molecule has 2 rings (SSSR count). The third-order valence-electron chi connectivity index (χ3n) is 2.72. The van der Waals surface area contributed by atoms with Crippen LogP contribution in [0.3, 0.4) is 0 Å². The number of rotatable bonds is 2. The third-order valence-corrected chi connectivity index (χ3v) is 3.98. The molecule has 0 aliphatic rings. The van der Waals surface area contributed by atoms with E-state index in [-0.39, 0.29) is 16.1 Å². The molecule has 2 aromatic carbocycles. The van der Waals surface area contributed by atoms with E-state index in [1.807, 2.05) is 0 Å². The van der Waals surface area contributed by atoms with Crippen molar-refractivity contribution in [3.8, 4) is 0 Å². The van der Waals surface area contributed by atoms with Gasteiger partial charge in [0.15, 0.2) is 11.6 Å². The Bertz CT molecular complexity index is 671. The average molecular weight is 346 g/mol. The lowest BCUT2D eigenvalue weighted by Gasteiger charge is -2.08. The van der Waals surface area contributed by atoms with Gasteiger partial charge in [-0.2, -0.15) is 0 Å². The van der Waals surface area contributed by atoms with Gasteiger partial charge in [0.2, 0.25) is 0 Å². The van der Waals surface area contributed by atoms with Crippen molar-refractivity contribution in [2.24, 2.45) is 0 Å². The first kappa shape index (κ1) is 14.2. The first-order valence-corrected chi connectivity index (χ1v) is 6.53. The van der Waals surface area contributed by atoms with Crippen LogP contribution >= 0.6 is 27.5 Å². The summed E-state index contributed by atoms with van der Waals surface area (Å²) >= 11 is 8.81. The summed E-state index contributed by atoms with van der Waals surface area (Å²) in [7, 11) is 0. The van der Waals surface area contributed by atoms with Crippen LogP contribution in [0.2, 0.25) is 5.02 Å². The minimum atomic E-state index is -0.815. The van der Waals surface area contributed by atoms with Crippen molar-refractivity contribution in [1.29, 1.82) is 0 Å². The lowest BCUT2D eigenvalue weighted by Crippen LogP contribution is -2.07. The van der Waals surface area contributed by atoms with E-state index < -0.39 is 17.4 Å². The maximum atomic E-state index is 14.0. The number of hydrogen-bond acceptors (Lipinski definition) is 1. The number of halogens is 4. The lowest BCUT2D eigenvalue weighted by atomic mass is 9.98. The summed E-state index contributed by atoms with van der Waals surface area (Å²) < 4.78 is 27.5. The molecule has 0 atom stereocenters. The normalized spacial score (nSPS) is 10.6. The summed E-state index contributed by atoms with van der Waals surface area (Å²) in [6.45, 7) is 1.66. The van der Waals surface area contributed by atoms with Crippen molar-refractivity contribution in [1.82, 2.24) is 0 Å². The maximum Gasteiger partial charge on any atom is 0.196 e. The van der Waals surface area contributed by atoms with Gasteiger partial charge >= 0.3 is 0 Å². The SMILES string of the molecule is Cc1ccc(F)cc1C(=O)c1ccc(Br)c(Cl)c1F. The molecule has 0 unspecified atom stereocenters. The smallest absolute Gasteiger partial charge is 0.196 e. The van der Waals surface area contributed by atoms with Crippen LogP contribution in [0.1, 0.15) is 21.5 Å². The van der Waals surface area contributed by atoms with E-state index in [9.17, 15) is 13.6 Å². The van der Waals surface area contributed by atoms with Gasteiger partial charge in [-0.15, -0.1) is 0 Å². The zero-order valence-corrected chi connectivity index (χ0v) is 12.1. The monoisotopic (exact) mass is 344 g/mol. The first-order chi connectivity index (χ1) is 8.91. The highest BCUT2D eigenvalue weighted by Crippen LogP contribution is 2.29. The van der Waals surface area contributed by atoms with Crippen LogP contribution in [0.5, 0.6) is 0 Å². The molecule has 19 heavy (non-hydrogen) atoms. The summed E-state index contributed by atoms with van der Waals surface area (Å²) in [6.07, 6.45) is 0. The van der Waals surface area contributed by atoms with Gasteiger partial charge in [-0.25, -0.2) is 8.78 Å². The van der Waals surface area contributed by atoms with Gasteiger partial charge in [0.1, 0.15) is 5.82 Å². The van der Waals surface area contributed by atoms with Crippen molar-refractivity contribution >= 4 is 33.3 Å². The molecule has 0 amide bonds. The topological polar surface area (TPSA) is 17.1 Å². The van der Waals surface area contributed by atoms with Gasteiger partial charge in [0.05, 0.1) is 10.6 Å². The molecule has 0 aromatic heterocycles. The van der Waals surface area contributed by atoms with Gasteiger partial charge in [-0.3, -0.25) is 4.79 Å². The Balaban J connectivity index is 2.56. The fourth-order valence-corrected chi connectivity index (χ4v) is 2.16. The summed E-state index contributed by atoms with van der Waals surface area (Å²) in [5, 5.41) is -0.167. The van der Waals surface area contributed by atoms with Crippen LogP contribution in [-0.4, -0.2) is 5.78 Å². The predicted molar refractivity (Wildman–Crippen MR) is 73.7 cm³/mol. The lowest BCUT2D eigenvalue weighted by molar-refractivity contribution is 0.103. The quantitative estimate of drug-likeness (QED) is 0.558. The van der Waals surface area contributed by atoms with Crippen LogP contribution in [0, 0.1) is 18.6 Å². The molecule has 2 aromatic rings. The third kappa shape index (κ3) is 2.69. The van der Waals surface area contributed by atoms with E-state index in [4.69, 9.17) is 11.6 Å². The molecule has 0 bridgehead atoms. The highest BCUT2D eigenvalue weighted by atomic mass is 79.9. The molecule has 0 radical (unpaired) electrons. The van der Waals surface area contributed by atoms with Gasteiger partial charge in [-0.05, 0) is 52.7 Å². The first-order valence-electron chi connectivity index (χ1n) is 5.36. The minimum absolute atomic E-state index is 0.122. The molecule has 0 fully saturated rings. The molecule has 0 aliphatic heterocycles. The molecule has 98 valence electrons. The minimum Gasteiger partial charge on any atom is -0.288 e. The molecule has 5 heteroatoms. The van der Waals surface area contributed by atoms with Crippen LogP contribution in [0.25, 0.3) is 0 Å². The summed E-state index contributed by atoms with van der Waals surface area (Å²) in [5.41, 5.74) is 0.518. The van der Waals surface area contributed by atoms with E-state index in [0.717, 1.165) is 6.07 Å². The number of aryl methyl sites for hydroxylation is 1. The maximum absolute atomic E-state index is 14.0. The number of hydrogen-bond donors (Lipinski definition) is 0. The zero-order chi connectivity index (χ0) is 14.2. The largest absolute Gasteiger partial charge is 0.288 e. The second-order valence-corrected chi connectivity index (χ2v) is 5.24. The Morgan fingerprint density at radius 3 is 2.53 bits per heavy atom. The van der Waals surface area contributed by atoms with Crippen molar-refractivity contribution in [3.63, 3.8) is 0 Å². The van der Waals surface area contributed by atoms with E-state index in [1.54, 1.807) is 6.92 Å². The molecule has 0 saturated heterocycles. The Morgan fingerprint density at radius 2 is 1.84 bits per heavy atom. The van der Waals surface area contributed by atoms with E-state index in [0.29, 0.717) is 10.0 Å². The molecule has 1 nitrogen and oxygen atoms in total. The number of carbonyl (C=O) groups excluding carboxylic acids is 1. The molecule has 0 spiro atoms. The van der Waals surface area contributed by atoms with Crippen molar-refractivity contribution in [2.75, 3.05) is 0 Å². The molecule has 0 saturated carbocycles.